The minimum absolute atomic E-state index is 0.174. The highest BCUT2D eigenvalue weighted by Gasteiger charge is 2.28. The maximum absolute atomic E-state index is 12.0. The van der Waals surface area contributed by atoms with E-state index in [4.69, 9.17) is 9.47 Å². The number of benzene rings is 1. The third-order valence-electron chi connectivity index (χ3n) is 4.89. The predicted molar refractivity (Wildman–Crippen MR) is 91.5 cm³/mol. The molecule has 5 heteroatoms. The van der Waals surface area contributed by atoms with Gasteiger partial charge in [-0.1, -0.05) is 38.8 Å². The van der Waals surface area contributed by atoms with Crippen molar-refractivity contribution in [1.29, 1.82) is 0 Å². The first-order valence-electron chi connectivity index (χ1n) is 8.55. The van der Waals surface area contributed by atoms with Crippen LogP contribution in [0.3, 0.4) is 0 Å². The lowest BCUT2D eigenvalue weighted by molar-refractivity contribution is -0.125. The van der Waals surface area contributed by atoms with Gasteiger partial charge in [0.15, 0.2) is 6.61 Å². The lowest BCUT2D eigenvalue weighted by Gasteiger charge is -2.34. The Morgan fingerprint density at radius 3 is 2.54 bits per heavy atom. The molecule has 1 aromatic rings. The van der Waals surface area contributed by atoms with Gasteiger partial charge in [-0.15, -0.1) is 0 Å². The molecular weight excluding hydrogens is 306 g/mol. The molecule has 3 atom stereocenters. The van der Waals surface area contributed by atoms with Gasteiger partial charge in [-0.2, -0.15) is 0 Å². The Morgan fingerprint density at radius 2 is 1.88 bits per heavy atom. The quantitative estimate of drug-likeness (QED) is 0.813. The van der Waals surface area contributed by atoms with E-state index in [1.165, 1.54) is 6.42 Å². The zero-order valence-electron chi connectivity index (χ0n) is 14.7. The van der Waals surface area contributed by atoms with E-state index in [1.54, 1.807) is 19.2 Å². The van der Waals surface area contributed by atoms with Crippen LogP contribution in [0.4, 0.5) is 0 Å². The van der Waals surface area contributed by atoms with Crippen LogP contribution < -0.4 is 5.32 Å². The normalized spacial score (nSPS) is 23.5. The van der Waals surface area contributed by atoms with Crippen LogP contribution in [-0.4, -0.2) is 31.6 Å². The standard InChI is InChI=1S/C19H27NO4/c1-13-5-4-6-17(14(13)2)20-18(21)12-24-19(22)16-9-7-15(8-10-16)11-23-3/h7-10,13-14,17H,4-6,11-12H2,1-3H3,(H,20,21)/t13-,14-,17-/m1/s1. The first-order chi connectivity index (χ1) is 11.5. The largest absolute Gasteiger partial charge is 0.452 e. The van der Waals surface area contributed by atoms with E-state index < -0.39 is 5.97 Å². The first kappa shape index (κ1) is 18.5. The Morgan fingerprint density at radius 1 is 1.17 bits per heavy atom. The van der Waals surface area contributed by atoms with Gasteiger partial charge in [0.2, 0.25) is 0 Å². The maximum atomic E-state index is 12.0. The van der Waals surface area contributed by atoms with Crippen molar-refractivity contribution < 1.29 is 19.1 Å². The van der Waals surface area contributed by atoms with E-state index in [2.05, 4.69) is 19.2 Å². The fourth-order valence-electron chi connectivity index (χ4n) is 3.15. The number of carbonyl (C=O) groups excluding carboxylic acids is 2. The second-order valence-corrected chi connectivity index (χ2v) is 6.65. The molecule has 1 aliphatic carbocycles. The third-order valence-corrected chi connectivity index (χ3v) is 4.89. The van der Waals surface area contributed by atoms with Gasteiger partial charge < -0.3 is 14.8 Å². The molecule has 0 saturated heterocycles. The van der Waals surface area contributed by atoms with Crippen LogP contribution in [0.5, 0.6) is 0 Å². The van der Waals surface area contributed by atoms with Gasteiger partial charge >= 0.3 is 5.97 Å². The Balaban J connectivity index is 1.79. The molecule has 2 rings (SSSR count). The SMILES string of the molecule is COCc1ccc(C(=O)OCC(=O)N[C@@H]2CCC[C@@H](C)[C@H]2C)cc1. The number of carbonyl (C=O) groups is 2. The van der Waals surface area contributed by atoms with Gasteiger partial charge in [0.1, 0.15) is 0 Å². The second kappa shape index (κ2) is 8.83. The lowest BCUT2D eigenvalue weighted by atomic mass is 9.78. The van der Waals surface area contributed by atoms with Crippen LogP contribution in [0.15, 0.2) is 24.3 Å². The monoisotopic (exact) mass is 333 g/mol. The van der Waals surface area contributed by atoms with Crippen molar-refractivity contribution in [2.24, 2.45) is 11.8 Å². The molecule has 1 aromatic carbocycles. The highest BCUT2D eigenvalue weighted by molar-refractivity contribution is 5.91. The molecule has 0 aromatic heterocycles. The number of rotatable bonds is 6. The summed E-state index contributed by atoms with van der Waals surface area (Å²) in [5, 5.41) is 3.00. The van der Waals surface area contributed by atoms with Crippen molar-refractivity contribution >= 4 is 11.9 Å². The van der Waals surface area contributed by atoms with Gasteiger partial charge in [0.05, 0.1) is 12.2 Å². The molecule has 5 nitrogen and oxygen atoms in total. The van der Waals surface area contributed by atoms with Gasteiger partial charge in [0.25, 0.3) is 5.91 Å². The summed E-state index contributed by atoms with van der Waals surface area (Å²) in [5.41, 5.74) is 1.41. The van der Waals surface area contributed by atoms with E-state index in [-0.39, 0.29) is 18.6 Å². The summed E-state index contributed by atoms with van der Waals surface area (Å²) in [6.07, 6.45) is 3.33. The van der Waals surface area contributed by atoms with Crippen molar-refractivity contribution in [3.63, 3.8) is 0 Å². The number of hydrogen-bond donors (Lipinski definition) is 1. The van der Waals surface area contributed by atoms with Gasteiger partial charge in [-0.3, -0.25) is 4.79 Å². The highest BCUT2D eigenvalue weighted by Crippen LogP contribution is 2.29. The first-order valence-corrected chi connectivity index (χ1v) is 8.55. The molecular formula is C19H27NO4. The molecule has 0 spiro atoms. The topological polar surface area (TPSA) is 64.6 Å². The second-order valence-electron chi connectivity index (χ2n) is 6.65. The van der Waals surface area contributed by atoms with Crippen molar-refractivity contribution in [3.8, 4) is 0 Å². The number of hydrogen-bond acceptors (Lipinski definition) is 4. The number of nitrogens with one attached hydrogen (secondary N) is 1. The maximum Gasteiger partial charge on any atom is 0.338 e. The molecule has 24 heavy (non-hydrogen) atoms. The average molecular weight is 333 g/mol. The molecule has 0 radical (unpaired) electrons. The number of ether oxygens (including phenoxy) is 2. The number of esters is 1. The van der Waals surface area contributed by atoms with Crippen LogP contribution in [0.2, 0.25) is 0 Å². The Bertz CT molecular complexity index is 555. The van der Waals surface area contributed by atoms with E-state index in [9.17, 15) is 9.59 Å². The molecule has 1 N–H and O–H groups in total. The molecule has 1 saturated carbocycles. The average Bonchev–Trinajstić information content (AvgIpc) is 2.58. The van der Waals surface area contributed by atoms with Gasteiger partial charge in [-0.05, 0) is 36.0 Å². The Labute approximate surface area is 143 Å². The molecule has 0 bridgehead atoms. The molecule has 132 valence electrons. The Hall–Kier alpha value is -1.88. The molecule has 1 amide bonds. The van der Waals surface area contributed by atoms with E-state index in [1.807, 2.05) is 12.1 Å². The minimum atomic E-state index is -0.487. The summed E-state index contributed by atoms with van der Waals surface area (Å²) >= 11 is 0. The van der Waals surface area contributed by atoms with Crippen LogP contribution in [0.25, 0.3) is 0 Å². The van der Waals surface area contributed by atoms with Gasteiger partial charge in [0, 0.05) is 13.2 Å². The fourth-order valence-corrected chi connectivity index (χ4v) is 3.15. The zero-order chi connectivity index (χ0) is 17.5. The molecule has 0 heterocycles. The summed E-state index contributed by atoms with van der Waals surface area (Å²) < 4.78 is 10.1. The summed E-state index contributed by atoms with van der Waals surface area (Å²) in [6.45, 7) is 4.64. The van der Waals surface area contributed by atoms with E-state index >= 15 is 0 Å². The number of amides is 1. The Kier molecular flexibility index (Phi) is 6.79. The van der Waals surface area contributed by atoms with E-state index in [0.717, 1.165) is 18.4 Å². The van der Waals surface area contributed by atoms with Gasteiger partial charge in [-0.25, -0.2) is 4.79 Å². The van der Waals surface area contributed by atoms with Crippen LogP contribution in [0, 0.1) is 11.8 Å². The zero-order valence-corrected chi connectivity index (χ0v) is 14.7. The molecule has 1 fully saturated rings. The van der Waals surface area contributed by atoms with Crippen molar-refractivity contribution in [3.05, 3.63) is 35.4 Å². The minimum Gasteiger partial charge on any atom is -0.452 e. The van der Waals surface area contributed by atoms with Crippen LogP contribution in [0.1, 0.15) is 49.0 Å². The fraction of sp³-hybridized carbons (Fsp3) is 0.579. The van der Waals surface area contributed by atoms with Crippen molar-refractivity contribution in [2.75, 3.05) is 13.7 Å². The van der Waals surface area contributed by atoms with Crippen molar-refractivity contribution in [1.82, 2.24) is 5.32 Å². The highest BCUT2D eigenvalue weighted by atomic mass is 16.5. The van der Waals surface area contributed by atoms with Crippen LogP contribution in [-0.2, 0) is 20.9 Å². The molecule has 0 unspecified atom stereocenters. The number of methoxy groups -OCH3 is 1. The van der Waals surface area contributed by atoms with Crippen molar-refractivity contribution in [2.45, 2.75) is 45.8 Å². The summed E-state index contributed by atoms with van der Waals surface area (Å²) in [7, 11) is 1.62. The molecule has 0 aliphatic heterocycles. The summed E-state index contributed by atoms with van der Waals surface area (Å²) in [4.78, 5) is 24.0. The van der Waals surface area contributed by atoms with Crippen LogP contribution >= 0.6 is 0 Å². The van der Waals surface area contributed by atoms with E-state index in [0.29, 0.717) is 24.0 Å². The smallest absolute Gasteiger partial charge is 0.338 e. The summed E-state index contributed by atoms with van der Waals surface area (Å²) in [6, 6.07) is 7.16. The third kappa shape index (κ3) is 5.06. The predicted octanol–water partition coefficient (Wildman–Crippen LogP) is 2.93. The lowest BCUT2D eigenvalue weighted by Crippen LogP contribution is -2.45. The molecule has 1 aliphatic rings. The summed E-state index contributed by atoms with van der Waals surface area (Å²) in [5.74, 6) is 0.341.